The number of hydrogen-bond acceptors (Lipinski definition) is 5. The Kier molecular flexibility index (Phi) is 16.2. The molecule has 0 aliphatic heterocycles. The first-order valence-corrected chi connectivity index (χ1v) is 9.39. The van der Waals surface area contributed by atoms with Crippen LogP contribution in [0.3, 0.4) is 0 Å². The molecule has 0 spiro atoms. The van der Waals surface area contributed by atoms with Gasteiger partial charge in [0, 0.05) is 6.54 Å². The fourth-order valence-corrected chi connectivity index (χ4v) is 2.41. The molecule has 0 amide bonds. The Balaban J connectivity index is 0. The number of rotatable bonds is 11. The third kappa shape index (κ3) is 19.2. The summed E-state index contributed by atoms with van der Waals surface area (Å²) in [5, 5.41) is 9.52. The molecule has 132 valence electrons. The van der Waals surface area contributed by atoms with Crippen LogP contribution in [-0.2, 0) is 14.9 Å². The second-order valence-electron chi connectivity index (χ2n) is 5.03. The SMILES string of the molecule is CCCCS(=O)(=O)O.CCCN(CCC)CC(O)C=CC=O. The lowest BCUT2D eigenvalue weighted by Crippen LogP contribution is -2.32. The quantitative estimate of drug-likeness (QED) is 0.340. The number of aldehydes is 1. The maximum absolute atomic E-state index is 10.0. The topological polar surface area (TPSA) is 94.9 Å². The van der Waals surface area contributed by atoms with E-state index in [1.54, 1.807) is 0 Å². The van der Waals surface area contributed by atoms with E-state index in [2.05, 4.69) is 18.7 Å². The zero-order valence-electron chi connectivity index (χ0n) is 13.9. The molecule has 0 aliphatic carbocycles. The molecule has 0 heterocycles. The highest BCUT2D eigenvalue weighted by molar-refractivity contribution is 7.85. The number of aliphatic hydroxyl groups excluding tert-OH is 1. The van der Waals surface area contributed by atoms with Gasteiger partial charge in [0.05, 0.1) is 11.9 Å². The monoisotopic (exact) mass is 337 g/mol. The predicted molar refractivity (Wildman–Crippen MR) is 89.6 cm³/mol. The van der Waals surface area contributed by atoms with E-state index in [0.29, 0.717) is 19.3 Å². The lowest BCUT2D eigenvalue weighted by atomic mass is 10.2. The van der Waals surface area contributed by atoms with Crippen molar-refractivity contribution in [3.8, 4) is 0 Å². The van der Waals surface area contributed by atoms with Gasteiger partial charge in [-0.25, -0.2) is 0 Å². The molecule has 0 aromatic carbocycles. The summed E-state index contributed by atoms with van der Waals surface area (Å²) in [6.07, 6.45) is 6.55. The summed E-state index contributed by atoms with van der Waals surface area (Å²) in [7, 11) is -3.69. The van der Waals surface area contributed by atoms with Gasteiger partial charge in [-0.1, -0.05) is 33.3 Å². The second kappa shape index (κ2) is 15.1. The third-order valence-electron chi connectivity index (χ3n) is 2.69. The van der Waals surface area contributed by atoms with Crippen LogP contribution in [0.15, 0.2) is 12.2 Å². The van der Waals surface area contributed by atoms with Gasteiger partial charge in [-0.2, -0.15) is 8.42 Å². The van der Waals surface area contributed by atoms with E-state index in [1.807, 2.05) is 6.92 Å². The van der Waals surface area contributed by atoms with E-state index in [1.165, 1.54) is 12.2 Å². The number of allylic oxidation sites excluding steroid dienone is 1. The summed E-state index contributed by atoms with van der Waals surface area (Å²) >= 11 is 0. The molecule has 0 aromatic rings. The van der Waals surface area contributed by atoms with Crippen LogP contribution >= 0.6 is 0 Å². The van der Waals surface area contributed by atoms with Crippen LogP contribution < -0.4 is 0 Å². The minimum atomic E-state index is -3.69. The number of aliphatic hydroxyl groups is 1. The van der Waals surface area contributed by atoms with Gasteiger partial charge in [-0.05, 0) is 38.4 Å². The van der Waals surface area contributed by atoms with Crippen molar-refractivity contribution >= 4 is 16.4 Å². The molecule has 1 atom stereocenters. The van der Waals surface area contributed by atoms with Gasteiger partial charge < -0.3 is 10.0 Å². The van der Waals surface area contributed by atoms with Crippen LogP contribution in [0.25, 0.3) is 0 Å². The molecule has 0 saturated carbocycles. The fraction of sp³-hybridized carbons (Fsp3) is 0.800. The van der Waals surface area contributed by atoms with Crippen molar-refractivity contribution in [1.29, 1.82) is 0 Å². The summed E-state index contributed by atoms with van der Waals surface area (Å²) in [5.74, 6) is -0.108. The molecule has 0 fully saturated rings. The van der Waals surface area contributed by atoms with Crippen molar-refractivity contribution in [2.75, 3.05) is 25.4 Å². The first-order chi connectivity index (χ1) is 10.3. The summed E-state index contributed by atoms with van der Waals surface area (Å²) in [6, 6.07) is 0. The van der Waals surface area contributed by atoms with Gasteiger partial charge in [0.25, 0.3) is 10.1 Å². The van der Waals surface area contributed by atoms with Crippen molar-refractivity contribution in [3.05, 3.63) is 12.2 Å². The lowest BCUT2D eigenvalue weighted by Gasteiger charge is -2.22. The van der Waals surface area contributed by atoms with Crippen molar-refractivity contribution < 1.29 is 22.9 Å². The highest BCUT2D eigenvalue weighted by atomic mass is 32.2. The average Bonchev–Trinajstić information content (AvgIpc) is 2.43. The molecular weight excluding hydrogens is 306 g/mol. The van der Waals surface area contributed by atoms with Gasteiger partial charge in [0.2, 0.25) is 0 Å². The Morgan fingerprint density at radius 3 is 1.95 bits per heavy atom. The molecule has 1 unspecified atom stereocenters. The van der Waals surface area contributed by atoms with Crippen molar-refractivity contribution in [2.45, 2.75) is 52.6 Å². The zero-order chi connectivity index (χ0) is 17.4. The van der Waals surface area contributed by atoms with Crippen molar-refractivity contribution in [2.24, 2.45) is 0 Å². The Morgan fingerprint density at radius 2 is 1.64 bits per heavy atom. The largest absolute Gasteiger partial charge is 0.388 e. The van der Waals surface area contributed by atoms with Gasteiger partial charge in [0.1, 0.15) is 6.29 Å². The van der Waals surface area contributed by atoms with Crippen molar-refractivity contribution in [3.63, 3.8) is 0 Å². The van der Waals surface area contributed by atoms with Crippen LogP contribution in [0, 0.1) is 0 Å². The van der Waals surface area contributed by atoms with Crippen LogP contribution in [0.1, 0.15) is 46.5 Å². The highest BCUT2D eigenvalue weighted by Gasteiger charge is 2.06. The predicted octanol–water partition coefficient (Wildman–Crippen LogP) is 1.90. The van der Waals surface area contributed by atoms with E-state index in [0.717, 1.165) is 32.4 Å². The maximum Gasteiger partial charge on any atom is 0.264 e. The van der Waals surface area contributed by atoms with Gasteiger partial charge in [0.15, 0.2) is 0 Å². The summed E-state index contributed by atoms with van der Waals surface area (Å²) in [6.45, 7) is 8.73. The Hall–Kier alpha value is -0.760. The minimum absolute atomic E-state index is 0.108. The van der Waals surface area contributed by atoms with Crippen molar-refractivity contribution in [1.82, 2.24) is 4.90 Å². The molecule has 6 nitrogen and oxygen atoms in total. The second-order valence-corrected chi connectivity index (χ2v) is 6.60. The average molecular weight is 337 g/mol. The number of carbonyl (C=O) groups excluding carboxylic acids is 1. The standard InChI is InChI=1S/C11H21NO2.C4H10O3S/c1-3-7-12(8-4-2)10-11(14)6-5-9-13;1-2-3-4-8(5,6)7/h5-6,9,11,14H,3-4,7-8,10H2,1-2H3;2-4H2,1H3,(H,5,6,7). The summed E-state index contributed by atoms with van der Waals surface area (Å²) in [4.78, 5) is 12.2. The molecule has 0 aromatic heterocycles. The first kappa shape index (κ1) is 23.5. The van der Waals surface area contributed by atoms with E-state index in [4.69, 9.17) is 4.55 Å². The first-order valence-electron chi connectivity index (χ1n) is 7.78. The summed E-state index contributed by atoms with van der Waals surface area (Å²) < 4.78 is 28.0. The maximum atomic E-state index is 10.0. The minimum Gasteiger partial charge on any atom is -0.388 e. The molecule has 0 radical (unpaired) electrons. The lowest BCUT2D eigenvalue weighted by molar-refractivity contribution is -0.104. The molecule has 7 heteroatoms. The molecule has 0 aliphatic rings. The number of hydrogen-bond donors (Lipinski definition) is 2. The Morgan fingerprint density at radius 1 is 1.09 bits per heavy atom. The third-order valence-corrected chi connectivity index (χ3v) is 3.50. The van der Waals surface area contributed by atoms with Crippen LogP contribution in [0.5, 0.6) is 0 Å². The zero-order valence-corrected chi connectivity index (χ0v) is 14.8. The van der Waals surface area contributed by atoms with Gasteiger partial charge in [-0.3, -0.25) is 9.35 Å². The Bertz CT molecular complexity index is 375. The molecule has 0 saturated heterocycles. The van der Waals surface area contributed by atoms with Crippen LogP contribution in [0.4, 0.5) is 0 Å². The smallest absolute Gasteiger partial charge is 0.264 e. The van der Waals surface area contributed by atoms with Gasteiger partial charge >= 0.3 is 0 Å². The number of nitrogens with zero attached hydrogens (tertiary/aromatic N) is 1. The number of carbonyl (C=O) groups is 1. The Labute approximate surface area is 135 Å². The molecule has 22 heavy (non-hydrogen) atoms. The van der Waals surface area contributed by atoms with E-state index in [9.17, 15) is 18.3 Å². The molecule has 0 rings (SSSR count). The highest BCUT2D eigenvalue weighted by Crippen LogP contribution is 1.97. The molecule has 0 bridgehead atoms. The van der Waals surface area contributed by atoms with E-state index < -0.39 is 16.2 Å². The number of unbranched alkanes of at least 4 members (excludes halogenated alkanes) is 1. The summed E-state index contributed by atoms with van der Waals surface area (Å²) in [5.41, 5.74) is 0. The van der Waals surface area contributed by atoms with Crippen LogP contribution in [-0.4, -0.2) is 60.8 Å². The van der Waals surface area contributed by atoms with Gasteiger partial charge in [-0.15, -0.1) is 0 Å². The van der Waals surface area contributed by atoms with E-state index >= 15 is 0 Å². The fourth-order valence-electron chi connectivity index (χ4n) is 1.75. The van der Waals surface area contributed by atoms with Crippen LogP contribution in [0.2, 0.25) is 0 Å². The molecular formula is C15H31NO5S. The molecule has 2 N–H and O–H groups in total. The normalized spacial score (nSPS) is 13.0. The van der Waals surface area contributed by atoms with E-state index in [-0.39, 0.29) is 5.75 Å².